The molecule has 4 nitrogen and oxygen atoms in total. The number of pyridine rings is 1. The molecule has 0 N–H and O–H groups in total. The molecule has 1 fully saturated rings. The molecule has 158 valence electrons. The standard InChI is InChI=1S/C24H19F3N2O2/c25-18-6-5-17(21(26)13-18)15-29(19-7-8-19)24(30)10-4-16-3-9-23(22(27)12-16)31-20-2-1-11-28-14-20/h1-6,9-14,19H,7-8,15H2/b10-4+. The average Bonchev–Trinajstić information content (AvgIpc) is 3.59. The molecule has 7 heteroatoms. The van der Waals surface area contributed by atoms with Crippen molar-refractivity contribution in [1.82, 2.24) is 9.88 Å². The van der Waals surface area contributed by atoms with Crippen molar-refractivity contribution < 1.29 is 22.7 Å². The maximum absolute atomic E-state index is 14.4. The number of amides is 1. The second-order valence-corrected chi connectivity index (χ2v) is 7.25. The summed E-state index contributed by atoms with van der Waals surface area (Å²) in [5, 5.41) is 0. The minimum absolute atomic E-state index is 0.0218. The lowest BCUT2D eigenvalue weighted by molar-refractivity contribution is -0.127. The molecule has 0 atom stereocenters. The van der Waals surface area contributed by atoms with Crippen LogP contribution in [-0.4, -0.2) is 21.8 Å². The van der Waals surface area contributed by atoms with E-state index in [0.717, 1.165) is 18.9 Å². The van der Waals surface area contributed by atoms with E-state index < -0.39 is 17.5 Å². The lowest BCUT2D eigenvalue weighted by atomic mass is 10.1. The maximum atomic E-state index is 14.4. The van der Waals surface area contributed by atoms with Gasteiger partial charge >= 0.3 is 0 Å². The van der Waals surface area contributed by atoms with Crippen LogP contribution in [-0.2, 0) is 11.3 Å². The van der Waals surface area contributed by atoms with Crippen molar-refractivity contribution in [3.63, 3.8) is 0 Å². The van der Waals surface area contributed by atoms with Crippen LogP contribution in [0.2, 0.25) is 0 Å². The second kappa shape index (κ2) is 9.04. The van der Waals surface area contributed by atoms with Gasteiger partial charge in [-0.05, 0) is 54.8 Å². The quantitative estimate of drug-likeness (QED) is 0.471. The van der Waals surface area contributed by atoms with Crippen LogP contribution in [0.3, 0.4) is 0 Å². The summed E-state index contributed by atoms with van der Waals surface area (Å²) in [4.78, 5) is 18.1. The Morgan fingerprint density at radius 3 is 2.61 bits per heavy atom. The van der Waals surface area contributed by atoms with Gasteiger partial charge in [0, 0.05) is 36.5 Å². The van der Waals surface area contributed by atoms with Crippen LogP contribution in [0.5, 0.6) is 11.5 Å². The van der Waals surface area contributed by atoms with Gasteiger partial charge in [-0.1, -0.05) is 12.1 Å². The summed E-state index contributed by atoms with van der Waals surface area (Å²) in [5.74, 6) is -1.79. The zero-order valence-electron chi connectivity index (χ0n) is 16.5. The fourth-order valence-electron chi connectivity index (χ4n) is 3.11. The summed E-state index contributed by atoms with van der Waals surface area (Å²) in [5.41, 5.74) is 0.728. The highest BCUT2D eigenvalue weighted by atomic mass is 19.1. The lowest BCUT2D eigenvalue weighted by Crippen LogP contribution is -2.31. The molecule has 1 aliphatic rings. The summed E-state index contributed by atoms with van der Waals surface area (Å²) in [6.07, 6.45) is 7.55. The first-order valence-corrected chi connectivity index (χ1v) is 9.79. The number of aromatic nitrogens is 1. The predicted molar refractivity (Wildman–Crippen MR) is 110 cm³/mol. The van der Waals surface area contributed by atoms with Gasteiger partial charge in [-0.25, -0.2) is 13.2 Å². The van der Waals surface area contributed by atoms with E-state index in [1.165, 1.54) is 42.6 Å². The highest BCUT2D eigenvalue weighted by molar-refractivity contribution is 5.92. The van der Waals surface area contributed by atoms with Gasteiger partial charge in [0.05, 0.1) is 6.20 Å². The summed E-state index contributed by atoms with van der Waals surface area (Å²) in [7, 11) is 0. The Bertz CT molecular complexity index is 1120. The van der Waals surface area contributed by atoms with Crippen molar-refractivity contribution >= 4 is 12.0 Å². The minimum atomic E-state index is -0.686. The van der Waals surface area contributed by atoms with Crippen LogP contribution in [0.25, 0.3) is 6.08 Å². The van der Waals surface area contributed by atoms with Crippen LogP contribution >= 0.6 is 0 Å². The van der Waals surface area contributed by atoms with Crippen LogP contribution in [0, 0.1) is 17.5 Å². The fraction of sp³-hybridized carbons (Fsp3) is 0.167. The fourth-order valence-corrected chi connectivity index (χ4v) is 3.11. The third kappa shape index (κ3) is 5.31. The SMILES string of the molecule is O=C(/C=C/c1ccc(Oc2cccnc2)c(F)c1)N(Cc1ccc(F)cc1F)C1CC1. The number of hydrogen-bond acceptors (Lipinski definition) is 3. The van der Waals surface area contributed by atoms with Gasteiger partial charge in [0.25, 0.3) is 0 Å². The van der Waals surface area contributed by atoms with Crippen molar-refractivity contribution in [2.45, 2.75) is 25.4 Å². The van der Waals surface area contributed by atoms with E-state index in [1.807, 2.05) is 0 Å². The third-order valence-corrected chi connectivity index (χ3v) is 4.86. The molecule has 4 rings (SSSR count). The molecule has 0 saturated heterocycles. The van der Waals surface area contributed by atoms with Crippen LogP contribution < -0.4 is 4.74 Å². The number of carbonyl (C=O) groups excluding carboxylic acids is 1. The van der Waals surface area contributed by atoms with E-state index in [9.17, 15) is 18.0 Å². The Hall–Kier alpha value is -3.61. The topological polar surface area (TPSA) is 42.4 Å². The largest absolute Gasteiger partial charge is 0.453 e. The summed E-state index contributed by atoms with van der Waals surface area (Å²) in [6, 6.07) is 11.0. The van der Waals surface area contributed by atoms with Crippen molar-refractivity contribution in [2.75, 3.05) is 0 Å². The molecule has 2 aromatic carbocycles. The second-order valence-electron chi connectivity index (χ2n) is 7.25. The number of rotatable bonds is 7. The summed E-state index contributed by atoms with van der Waals surface area (Å²) in [6.45, 7) is 0.0478. The molecular weight excluding hydrogens is 405 g/mol. The van der Waals surface area contributed by atoms with Gasteiger partial charge < -0.3 is 9.64 Å². The molecule has 3 aromatic rings. The Labute approximate surface area is 177 Å². The Morgan fingerprint density at radius 1 is 1.10 bits per heavy atom. The average molecular weight is 424 g/mol. The first-order valence-electron chi connectivity index (χ1n) is 9.79. The van der Waals surface area contributed by atoms with E-state index in [4.69, 9.17) is 4.74 Å². The molecular formula is C24H19F3N2O2. The molecule has 0 bridgehead atoms. The number of halogens is 3. The summed E-state index contributed by atoms with van der Waals surface area (Å²) < 4.78 is 47.0. The first kappa shape index (κ1) is 20.7. The Balaban J connectivity index is 1.45. The van der Waals surface area contributed by atoms with Crippen LogP contribution in [0.15, 0.2) is 67.0 Å². The van der Waals surface area contributed by atoms with Crippen molar-refractivity contribution in [2.24, 2.45) is 0 Å². The molecule has 1 heterocycles. The third-order valence-electron chi connectivity index (χ3n) is 4.86. The van der Waals surface area contributed by atoms with Crippen molar-refractivity contribution in [3.05, 3.63) is 95.6 Å². The Morgan fingerprint density at radius 2 is 1.94 bits per heavy atom. The molecule has 0 unspecified atom stereocenters. The maximum Gasteiger partial charge on any atom is 0.247 e. The number of nitrogens with zero attached hydrogens (tertiary/aromatic N) is 2. The smallest absolute Gasteiger partial charge is 0.247 e. The molecule has 1 aromatic heterocycles. The highest BCUT2D eigenvalue weighted by Gasteiger charge is 2.32. The van der Waals surface area contributed by atoms with Crippen molar-refractivity contribution in [3.8, 4) is 11.5 Å². The van der Waals surface area contributed by atoms with Gasteiger partial charge in [0.1, 0.15) is 17.4 Å². The van der Waals surface area contributed by atoms with E-state index >= 15 is 0 Å². The first-order chi connectivity index (χ1) is 15.0. The van der Waals surface area contributed by atoms with E-state index in [0.29, 0.717) is 11.3 Å². The normalized spacial score (nSPS) is 13.4. The predicted octanol–water partition coefficient (Wildman–Crippen LogP) is 5.50. The molecule has 1 saturated carbocycles. The molecule has 31 heavy (non-hydrogen) atoms. The molecule has 0 aliphatic heterocycles. The zero-order chi connectivity index (χ0) is 21.8. The number of ether oxygens (including phenoxy) is 1. The van der Waals surface area contributed by atoms with Gasteiger partial charge in [0.15, 0.2) is 11.6 Å². The molecule has 0 spiro atoms. The van der Waals surface area contributed by atoms with Crippen molar-refractivity contribution in [1.29, 1.82) is 0 Å². The number of benzene rings is 2. The zero-order valence-corrected chi connectivity index (χ0v) is 16.5. The van der Waals surface area contributed by atoms with Crippen LogP contribution in [0.4, 0.5) is 13.2 Å². The molecule has 1 amide bonds. The van der Waals surface area contributed by atoms with E-state index in [1.54, 1.807) is 29.3 Å². The highest BCUT2D eigenvalue weighted by Crippen LogP contribution is 2.30. The number of carbonyl (C=O) groups is 1. The van der Waals surface area contributed by atoms with E-state index in [-0.39, 0.29) is 29.8 Å². The molecule has 1 aliphatic carbocycles. The van der Waals surface area contributed by atoms with Gasteiger partial charge in [-0.3, -0.25) is 9.78 Å². The monoisotopic (exact) mass is 424 g/mol. The minimum Gasteiger partial charge on any atom is -0.453 e. The lowest BCUT2D eigenvalue weighted by Gasteiger charge is -2.21. The van der Waals surface area contributed by atoms with Gasteiger partial charge in [0.2, 0.25) is 5.91 Å². The van der Waals surface area contributed by atoms with Gasteiger partial charge in [-0.2, -0.15) is 0 Å². The van der Waals surface area contributed by atoms with Crippen LogP contribution in [0.1, 0.15) is 24.0 Å². The van der Waals surface area contributed by atoms with E-state index in [2.05, 4.69) is 4.98 Å². The number of hydrogen-bond donors (Lipinski definition) is 0. The Kier molecular flexibility index (Phi) is 6.02. The molecule has 0 radical (unpaired) electrons. The van der Waals surface area contributed by atoms with Gasteiger partial charge in [-0.15, -0.1) is 0 Å². The summed E-state index contributed by atoms with van der Waals surface area (Å²) >= 11 is 0.